The third-order valence-electron chi connectivity index (χ3n) is 2.55. The maximum absolute atomic E-state index is 11.1. The average Bonchev–Trinajstić information content (AvgIpc) is 2.24. The van der Waals surface area contributed by atoms with E-state index in [1.807, 2.05) is 26.2 Å². The first-order chi connectivity index (χ1) is 7.59. The third-order valence-corrected chi connectivity index (χ3v) is 3.92. The van der Waals surface area contributed by atoms with Crippen LogP contribution in [0.25, 0.3) is 0 Å². The second-order valence-electron chi connectivity index (χ2n) is 4.15. The molecule has 1 aromatic rings. The molecule has 1 aromatic heterocycles. The Kier molecular flexibility index (Phi) is 5.63. The van der Waals surface area contributed by atoms with Crippen LogP contribution in [0.15, 0.2) is 18.5 Å². The summed E-state index contributed by atoms with van der Waals surface area (Å²) in [5.74, 6) is 0. The van der Waals surface area contributed by atoms with E-state index in [2.05, 4.69) is 16.4 Å². The summed E-state index contributed by atoms with van der Waals surface area (Å²) in [6, 6.07) is 2.13. The fraction of sp³-hybridized carbons (Fsp3) is 0.583. The number of aryl methyl sites for hydroxylation is 1. The SMILES string of the molecule is Cc1cncc(CNCCC(C)S(C)=O)c1. The van der Waals surface area contributed by atoms with Gasteiger partial charge in [0.1, 0.15) is 0 Å². The molecule has 0 amide bonds. The van der Waals surface area contributed by atoms with Gasteiger partial charge >= 0.3 is 0 Å². The molecule has 2 unspecified atom stereocenters. The summed E-state index contributed by atoms with van der Waals surface area (Å²) in [6.07, 6.45) is 6.44. The summed E-state index contributed by atoms with van der Waals surface area (Å²) in [5.41, 5.74) is 2.38. The van der Waals surface area contributed by atoms with Crippen LogP contribution in [0.2, 0.25) is 0 Å². The second kappa shape index (κ2) is 6.76. The largest absolute Gasteiger partial charge is 0.313 e. The van der Waals surface area contributed by atoms with E-state index >= 15 is 0 Å². The van der Waals surface area contributed by atoms with Gasteiger partial charge in [-0.05, 0) is 31.0 Å². The summed E-state index contributed by atoms with van der Waals surface area (Å²) in [5, 5.41) is 3.61. The minimum atomic E-state index is -0.714. The van der Waals surface area contributed by atoms with E-state index in [1.165, 1.54) is 11.1 Å². The molecule has 0 aliphatic rings. The van der Waals surface area contributed by atoms with Crippen molar-refractivity contribution in [3.05, 3.63) is 29.6 Å². The monoisotopic (exact) mass is 240 g/mol. The van der Waals surface area contributed by atoms with Gasteiger partial charge in [0.2, 0.25) is 0 Å². The minimum Gasteiger partial charge on any atom is -0.313 e. The van der Waals surface area contributed by atoms with Crippen LogP contribution in [0.1, 0.15) is 24.5 Å². The molecule has 4 heteroatoms. The van der Waals surface area contributed by atoms with Gasteiger partial charge in [-0.3, -0.25) is 9.19 Å². The van der Waals surface area contributed by atoms with Crippen LogP contribution in [0.5, 0.6) is 0 Å². The first kappa shape index (κ1) is 13.3. The zero-order valence-corrected chi connectivity index (χ0v) is 11.0. The highest BCUT2D eigenvalue weighted by Gasteiger charge is 2.04. The van der Waals surface area contributed by atoms with E-state index in [0.29, 0.717) is 0 Å². The molecule has 90 valence electrons. The van der Waals surface area contributed by atoms with Crippen molar-refractivity contribution in [3.8, 4) is 0 Å². The molecule has 0 saturated carbocycles. The lowest BCUT2D eigenvalue weighted by Gasteiger charge is -2.09. The molecule has 0 bridgehead atoms. The summed E-state index contributed by atoms with van der Waals surface area (Å²) in [6.45, 7) is 5.79. The summed E-state index contributed by atoms with van der Waals surface area (Å²) < 4.78 is 11.1. The van der Waals surface area contributed by atoms with Gasteiger partial charge in [0.15, 0.2) is 0 Å². The zero-order valence-electron chi connectivity index (χ0n) is 10.2. The predicted octanol–water partition coefficient (Wildman–Crippen LogP) is 1.64. The van der Waals surface area contributed by atoms with Crippen molar-refractivity contribution in [2.24, 2.45) is 0 Å². The molecule has 16 heavy (non-hydrogen) atoms. The molecular formula is C12H20N2OS. The predicted molar refractivity (Wildman–Crippen MR) is 68.8 cm³/mol. The molecule has 1 heterocycles. The van der Waals surface area contributed by atoms with Gasteiger partial charge in [-0.15, -0.1) is 0 Å². The van der Waals surface area contributed by atoms with Crippen molar-refractivity contribution < 1.29 is 4.21 Å². The minimum absolute atomic E-state index is 0.267. The van der Waals surface area contributed by atoms with Crippen LogP contribution >= 0.6 is 0 Å². The Bertz CT molecular complexity index is 355. The van der Waals surface area contributed by atoms with Crippen molar-refractivity contribution in [2.75, 3.05) is 12.8 Å². The van der Waals surface area contributed by atoms with E-state index in [1.54, 1.807) is 6.26 Å². The quantitative estimate of drug-likeness (QED) is 0.769. The summed E-state index contributed by atoms with van der Waals surface area (Å²) in [7, 11) is -0.714. The molecule has 0 fully saturated rings. The number of pyridine rings is 1. The molecule has 2 atom stereocenters. The summed E-state index contributed by atoms with van der Waals surface area (Å²) >= 11 is 0. The van der Waals surface area contributed by atoms with Gasteiger partial charge in [-0.2, -0.15) is 0 Å². The lowest BCUT2D eigenvalue weighted by molar-refractivity contribution is 0.628. The normalized spacial score (nSPS) is 14.7. The van der Waals surface area contributed by atoms with Gasteiger partial charge < -0.3 is 5.32 Å². The van der Waals surface area contributed by atoms with Crippen LogP contribution in [-0.2, 0) is 17.3 Å². The summed E-state index contributed by atoms with van der Waals surface area (Å²) in [4.78, 5) is 4.14. The Morgan fingerprint density at radius 1 is 1.50 bits per heavy atom. The molecule has 0 saturated heterocycles. The van der Waals surface area contributed by atoms with Crippen LogP contribution in [-0.4, -0.2) is 27.2 Å². The maximum atomic E-state index is 11.1. The van der Waals surface area contributed by atoms with Crippen LogP contribution < -0.4 is 5.32 Å². The third kappa shape index (κ3) is 4.86. The van der Waals surface area contributed by atoms with Crippen LogP contribution in [0, 0.1) is 6.92 Å². The van der Waals surface area contributed by atoms with Crippen LogP contribution in [0.3, 0.4) is 0 Å². The Morgan fingerprint density at radius 2 is 2.25 bits per heavy atom. The molecule has 1 N–H and O–H groups in total. The Balaban J connectivity index is 2.23. The molecule has 3 nitrogen and oxygen atoms in total. The van der Waals surface area contributed by atoms with Crippen molar-refractivity contribution in [2.45, 2.75) is 32.1 Å². The van der Waals surface area contributed by atoms with Gasteiger partial charge in [0.25, 0.3) is 0 Å². The van der Waals surface area contributed by atoms with Gasteiger partial charge in [-0.1, -0.05) is 13.0 Å². The van der Waals surface area contributed by atoms with Gasteiger partial charge in [-0.25, -0.2) is 0 Å². The van der Waals surface area contributed by atoms with E-state index in [4.69, 9.17) is 0 Å². The average molecular weight is 240 g/mol. The zero-order chi connectivity index (χ0) is 12.0. The van der Waals surface area contributed by atoms with Crippen molar-refractivity contribution in [1.82, 2.24) is 10.3 Å². The molecular weight excluding hydrogens is 220 g/mol. The van der Waals surface area contributed by atoms with E-state index in [-0.39, 0.29) is 5.25 Å². The number of hydrogen-bond acceptors (Lipinski definition) is 3. The number of nitrogens with one attached hydrogen (secondary N) is 1. The lowest BCUT2D eigenvalue weighted by Crippen LogP contribution is -2.21. The van der Waals surface area contributed by atoms with Gasteiger partial charge in [0.05, 0.1) is 0 Å². The van der Waals surface area contributed by atoms with Crippen molar-refractivity contribution >= 4 is 10.8 Å². The van der Waals surface area contributed by atoms with Crippen molar-refractivity contribution in [3.63, 3.8) is 0 Å². The Hall–Kier alpha value is -0.740. The second-order valence-corrected chi connectivity index (χ2v) is 5.95. The van der Waals surface area contributed by atoms with Crippen molar-refractivity contribution in [1.29, 1.82) is 0 Å². The highest BCUT2D eigenvalue weighted by molar-refractivity contribution is 7.84. The number of rotatable bonds is 6. The molecule has 0 aliphatic carbocycles. The Morgan fingerprint density at radius 3 is 2.88 bits per heavy atom. The maximum Gasteiger partial charge on any atom is 0.0329 e. The molecule has 0 radical (unpaired) electrons. The fourth-order valence-corrected chi connectivity index (χ4v) is 1.87. The first-order valence-corrected chi connectivity index (χ1v) is 7.15. The molecule has 0 aromatic carbocycles. The lowest BCUT2D eigenvalue weighted by atomic mass is 10.2. The topological polar surface area (TPSA) is 42.0 Å². The van der Waals surface area contributed by atoms with Gasteiger partial charge in [0, 0.05) is 41.2 Å². The fourth-order valence-electron chi connectivity index (χ4n) is 1.42. The number of hydrogen-bond donors (Lipinski definition) is 1. The number of nitrogens with zero attached hydrogens (tertiary/aromatic N) is 1. The van der Waals surface area contributed by atoms with Crippen LogP contribution in [0.4, 0.5) is 0 Å². The first-order valence-electron chi connectivity index (χ1n) is 5.53. The van der Waals surface area contributed by atoms with E-state index < -0.39 is 10.8 Å². The molecule has 0 spiro atoms. The molecule has 1 rings (SSSR count). The Labute approximate surface area is 100 Å². The highest BCUT2D eigenvalue weighted by Crippen LogP contribution is 2.01. The number of aromatic nitrogens is 1. The van der Waals surface area contributed by atoms with E-state index in [0.717, 1.165) is 19.5 Å². The highest BCUT2D eigenvalue weighted by atomic mass is 32.2. The standard InChI is InChI=1S/C12H20N2OS/c1-10-6-12(9-14-7-10)8-13-5-4-11(2)16(3)15/h6-7,9,11,13H,4-5,8H2,1-3H3. The van der Waals surface area contributed by atoms with E-state index in [9.17, 15) is 4.21 Å². The smallest absolute Gasteiger partial charge is 0.0329 e. The molecule has 0 aliphatic heterocycles.